The summed E-state index contributed by atoms with van der Waals surface area (Å²) >= 11 is 0. The first-order valence-electron chi connectivity index (χ1n) is 7.50. The molecule has 23 heavy (non-hydrogen) atoms. The first-order chi connectivity index (χ1) is 10.8. The van der Waals surface area contributed by atoms with Gasteiger partial charge in [-0.15, -0.1) is 0 Å². The third-order valence-electron chi connectivity index (χ3n) is 4.12. The Morgan fingerprint density at radius 3 is 2.22 bits per heavy atom. The molecular formula is C16H18F3NO3. The van der Waals surface area contributed by atoms with Crippen molar-refractivity contribution in [1.29, 1.82) is 0 Å². The van der Waals surface area contributed by atoms with E-state index in [2.05, 4.69) is 5.32 Å². The van der Waals surface area contributed by atoms with Gasteiger partial charge in [-0.2, -0.15) is 13.2 Å². The van der Waals surface area contributed by atoms with E-state index in [-0.39, 0.29) is 5.56 Å². The second kappa shape index (κ2) is 7.02. The summed E-state index contributed by atoms with van der Waals surface area (Å²) in [5.41, 5.74) is -0.738. The Labute approximate surface area is 131 Å². The van der Waals surface area contributed by atoms with Crippen molar-refractivity contribution in [3.05, 3.63) is 35.4 Å². The van der Waals surface area contributed by atoms with Gasteiger partial charge in [-0.3, -0.25) is 9.59 Å². The Balaban J connectivity index is 2.09. The fourth-order valence-electron chi connectivity index (χ4n) is 2.84. The maximum atomic E-state index is 12.5. The Hall–Kier alpha value is -2.05. The molecule has 0 heterocycles. The van der Waals surface area contributed by atoms with Gasteiger partial charge in [-0.05, 0) is 37.1 Å². The van der Waals surface area contributed by atoms with E-state index in [1.807, 2.05) is 0 Å². The molecule has 2 atom stereocenters. The number of hydrogen-bond donors (Lipinski definition) is 2. The third-order valence-corrected chi connectivity index (χ3v) is 4.12. The van der Waals surface area contributed by atoms with Gasteiger partial charge in [0.05, 0.1) is 11.5 Å². The molecule has 1 amide bonds. The molecule has 0 radical (unpaired) electrons. The summed E-state index contributed by atoms with van der Waals surface area (Å²) in [6, 6.07) is 3.40. The van der Waals surface area contributed by atoms with Crippen LogP contribution >= 0.6 is 0 Å². The molecular weight excluding hydrogens is 311 g/mol. The average Bonchev–Trinajstić information content (AvgIpc) is 2.72. The topological polar surface area (TPSA) is 66.4 Å². The predicted molar refractivity (Wildman–Crippen MR) is 76.9 cm³/mol. The first-order valence-corrected chi connectivity index (χ1v) is 7.50. The Morgan fingerprint density at radius 2 is 1.65 bits per heavy atom. The summed E-state index contributed by atoms with van der Waals surface area (Å²) in [7, 11) is 0. The first kappa shape index (κ1) is 17.3. The SMILES string of the molecule is O=C(N[C@H]1CCCCC[C@H]1C(=O)O)c1ccc(C(F)(F)F)cc1. The van der Waals surface area contributed by atoms with Crippen molar-refractivity contribution in [3.8, 4) is 0 Å². The van der Waals surface area contributed by atoms with Crippen LogP contribution in [0.1, 0.15) is 48.0 Å². The van der Waals surface area contributed by atoms with Gasteiger partial charge in [0.15, 0.2) is 0 Å². The lowest BCUT2D eigenvalue weighted by Gasteiger charge is -2.23. The van der Waals surface area contributed by atoms with Crippen molar-refractivity contribution >= 4 is 11.9 Å². The number of carboxylic acid groups (broad SMARTS) is 1. The van der Waals surface area contributed by atoms with E-state index in [1.54, 1.807) is 0 Å². The lowest BCUT2D eigenvalue weighted by Crippen LogP contribution is -2.42. The van der Waals surface area contributed by atoms with Crippen molar-refractivity contribution in [2.24, 2.45) is 5.92 Å². The number of carboxylic acids is 1. The zero-order chi connectivity index (χ0) is 17.0. The summed E-state index contributed by atoms with van der Waals surface area (Å²) in [6.45, 7) is 0. The number of rotatable bonds is 3. The van der Waals surface area contributed by atoms with E-state index in [1.165, 1.54) is 0 Å². The fraction of sp³-hybridized carbons (Fsp3) is 0.500. The van der Waals surface area contributed by atoms with Crippen LogP contribution in [0.25, 0.3) is 0 Å². The molecule has 2 N–H and O–H groups in total. The minimum absolute atomic E-state index is 0.0892. The van der Waals surface area contributed by atoms with Crippen LogP contribution in [0.15, 0.2) is 24.3 Å². The molecule has 0 aromatic heterocycles. The summed E-state index contributed by atoms with van der Waals surface area (Å²) in [4.78, 5) is 23.5. The van der Waals surface area contributed by atoms with Crippen molar-refractivity contribution in [2.45, 2.75) is 44.3 Å². The Morgan fingerprint density at radius 1 is 1.04 bits per heavy atom. The fourth-order valence-corrected chi connectivity index (χ4v) is 2.84. The highest BCUT2D eigenvalue weighted by atomic mass is 19.4. The van der Waals surface area contributed by atoms with Gasteiger partial charge in [0.1, 0.15) is 0 Å². The molecule has 2 rings (SSSR count). The molecule has 0 spiro atoms. The molecule has 0 saturated heterocycles. The quantitative estimate of drug-likeness (QED) is 0.835. The van der Waals surface area contributed by atoms with Crippen LogP contribution in [-0.4, -0.2) is 23.0 Å². The number of alkyl halides is 3. The molecule has 1 saturated carbocycles. The molecule has 126 valence electrons. The molecule has 1 aromatic carbocycles. The number of hydrogen-bond acceptors (Lipinski definition) is 2. The van der Waals surface area contributed by atoms with Crippen LogP contribution in [0.5, 0.6) is 0 Å². The van der Waals surface area contributed by atoms with E-state index >= 15 is 0 Å². The van der Waals surface area contributed by atoms with Crippen molar-refractivity contribution in [1.82, 2.24) is 5.32 Å². The summed E-state index contributed by atoms with van der Waals surface area (Å²) in [6.07, 6.45) is -0.872. The maximum absolute atomic E-state index is 12.5. The van der Waals surface area contributed by atoms with Gasteiger partial charge in [-0.1, -0.05) is 19.3 Å². The Bertz CT molecular complexity index is 569. The van der Waals surface area contributed by atoms with Crippen molar-refractivity contribution < 1.29 is 27.9 Å². The minimum Gasteiger partial charge on any atom is -0.481 e. The van der Waals surface area contributed by atoms with Crippen LogP contribution in [0.3, 0.4) is 0 Å². The monoisotopic (exact) mass is 329 g/mol. The number of nitrogens with one attached hydrogen (secondary N) is 1. The van der Waals surface area contributed by atoms with Gasteiger partial charge in [0.2, 0.25) is 0 Å². The molecule has 7 heteroatoms. The second-order valence-electron chi connectivity index (χ2n) is 5.74. The molecule has 1 aliphatic rings. The van der Waals surface area contributed by atoms with E-state index in [0.717, 1.165) is 43.5 Å². The van der Waals surface area contributed by atoms with Crippen molar-refractivity contribution in [3.63, 3.8) is 0 Å². The van der Waals surface area contributed by atoms with E-state index < -0.39 is 35.6 Å². The summed E-state index contributed by atoms with van der Waals surface area (Å²) < 4.78 is 37.5. The van der Waals surface area contributed by atoms with Crippen LogP contribution in [0.2, 0.25) is 0 Å². The number of benzene rings is 1. The van der Waals surface area contributed by atoms with Gasteiger partial charge in [0.25, 0.3) is 5.91 Å². The van der Waals surface area contributed by atoms with Gasteiger partial charge < -0.3 is 10.4 Å². The lowest BCUT2D eigenvalue weighted by molar-refractivity contribution is -0.143. The van der Waals surface area contributed by atoms with E-state index in [4.69, 9.17) is 0 Å². The zero-order valence-electron chi connectivity index (χ0n) is 12.4. The molecule has 0 unspecified atom stereocenters. The third kappa shape index (κ3) is 4.46. The normalized spacial score (nSPS) is 22.2. The Kier molecular flexibility index (Phi) is 5.28. The zero-order valence-corrected chi connectivity index (χ0v) is 12.4. The van der Waals surface area contributed by atoms with Gasteiger partial charge in [0, 0.05) is 11.6 Å². The van der Waals surface area contributed by atoms with E-state index in [0.29, 0.717) is 12.8 Å². The molecule has 0 aliphatic heterocycles. The number of aliphatic carboxylic acids is 1. The predicted octanol–water partition coefficient (Wildman–Crippen LogP) is 3.47. The van der Waals surface area contributed by atoms with Gasteiger partial charge >= 0.3 is 12.1 Å². The lowest BCUT2D eigenvalue weighted by atomic mass is 9.94. The second-order valence-corrected chi connectivity index (χ2v) is 5.74. The number of carbonyl (C=O) groups is 2. The number of halogens is 3. The standard InChI is InChI=1S/C16H18F3NO3/c17-16(18,19)11-8-6-10(7-9-11)14(21)20-13-5-3-1-2-4-12(13)15(22)23/h6-9,12-13H,1-5H2,(H,20,21)(H,22,23)/t12-,13+/m1/s1. The molecule has 1 aliphatic carbocycles. The molecule has 0 bridgehead atoms. The highest BCUT2D eigenvalue weighted by Crippen LogP contribution is 2.29. The molecule has 1 aromatic rings. The van der Waals surface area contributed by atoms with Crippen molar-refractivity contribution in [2.75, 3.05) is 0 Å². The van der Waals surface area contributed by atoms with Crippen LogP contribution < -0.4 is 5.32 Å². The van der Waals surface area contributed by atoms with Gasteiger partial charge in [-0.25, -0.2) is 0 Å². The summed E-state index contributed by atoms with van der Waals surface area (Å²) in [5.74, 6) is -2.16. The van der Waals surface area contributed by atoms with Crippen LogP contribution in [0.4, 0.5) is 13.2 Å². The smallest absolute Gasteiger partial charge is 0.416 e. The molecule has 4 nitrogen and oxygen atoms in total. The largest absolute Gasteiger partial charge is 0.481 e. The van der Waals surface area contributed by atoms with E-state index in [9.17, 15) is 27.9 Å². The maximum Gasteiger partial charge on any atom is 0.416 e. The minimum atomic E-state index is -4.45. The highest BCUT2D eigenvalue weighted by Gasteiger charge is 2.32. The average molecular weight is 329 g/mol. The van der Waals surface area contributed by atoms with Crippen LogP contribution in [0, 0.1) is 5.92 Å². The van der Waals surface area contributed by atoms with Crippen LogP contribution in [-0.2, 0) is 11.0 Å². The highest BCUT2D eigenvalue weighted by molar-refractivity contribution is 5.94. The number of carbonyl (C=O) groups excluding carboxylic acids is 1. The summed E-state index contributed by atoms with van der Waals surface area (Å²) in [5, 5.41) is 11.9. The number of amides is 1. The molecule has 1 fully saturated rings.